The molecule has 2 unspecified atom stereocenters. The zero-order valence-corrected chi connectivity index (χ0v) is 6.99. The Balaban J connectivity index is 2.16. The zero-order chi connectivity index (χ0) is 9.42. The molecular weight excluding hydrogens is 174 g/mol. The number of hydrogen-bond acceptors (Lipinski definition) is 3. The molecule has 6 nitrogen and oxygen atoms in total. The Morgan fingerprint density at radius 1 is 1.62 bits per heavy atom. The molecule has 2 saturated heterocycles. The molecule has 3 N–H and O–H groups in total. The van der Waals surface area contributed by atoms with E-state index >= 15 is 0 Å². The van der Waals surface area contributed by atoms with Crippen LogP contribution in [-0.2, 0) is 4.79 Å². The van der Waals surface area contributed by atoms with Gasteiger partial charge in [0.05, 0.1) is 5.92 Å². The average molecular weight is 185 g/mol. The van der Waals surface area contributed by atoms with Crippen molar-refractivity contribution in [2.24, 2.45) is 5.92 Å². The van der Waals surface area contributed by atoms with Gasteiger partial charge in [0.25, 0.3) is 0 Å². The van der Waals surface area contributed by atoms with Crippen LogP contribution in [0.1, 0.15) is 12.8 Å². The van der Waals surface area contributed by atoms with E-state index in [1.807, 2.05) is 0 Å². The summed E-state index contributed by atoms with van der Waals surface area (Å²) >= 11 is 0. The van der Waals surface area contributed by atoms with E-state index in [1.165, 1.54) is 4.90 Å². The summed E-state index contributed by atoms with van der Waals surface area (Å²) in [5.74, 6) is -1.34. The molecule has 72 valence electrons. The van der Waals surface area contributed by atoms with Crippen molar-refractivity contribution in [1.29, 1.82) is 0 Å². The van der Waals surface area contributed by atoms with Crippen LogP contribution in [0, 0.1) is 5.92 Å². The summed E-state index contributed by atoms with van der Waals surface area (Å²) in [6.07, 6.45) is 1.000. The van der Waals surface area contributed by atoms with E-state index in [0.717, 1.165) is 6.42 Å². The number of carbonyl (C=O) groups excluding carboxylic acids is 1. The van der Waals surface area contributed by atoms with E-state index in [0.29, 0.717) is 13.0 Å². The summed E-state index contributed by atoms with van der Waals surface area (Å²) in [4.78, 5) is 23.5. The minimum atomic E-state index is -0.848. The van der Waals surface area contributed by atoms with Gasteiger partial charge in [0.15, 0.2) is 0 Å². The number of carbonyl (C=O) groups is 2. The Morgan fingerprint density at radius 3 is 3.08 bits per heavy atom. The molecule has 2 atom stereocenters. The Labute approximate surface area is 74.9 Å². The van der Waals surface area contributed by atoms with Gasteiger partial charge in [-0.25, -0.2) is 10.2 Å². The lowest BCUT2D eigenvalue weighted by atomic mass is 9.95. The van der Waals surface area contributed by atoms with Gasteiger partial charge >= 0.3 is 12.0 Å². The smallest absolute Gasteiger partial charge is 0.333 e. The van der Waals surface area contributed by atoms with E-state index in [4.69, 9.17) is 5.11 Å². The summed E-state index contributed by atoms with van der Waals surface area (Å²) in [6, 6.07) is -0.226. The molecule has 2 aliphatic rings. The largest absolute Gasteiger partial charge is 0.481 e. The number of fused-ring (bicyclic) bond motifs is 1. The van der Waals surface area contributed by atoms with Crippen LogP contribution in [0.3, 0.4) is 0 Å². The highest BCUT2D eigenvalue weighted by Crippen LogP contribution is 2.24. The van der Waals surface area contributed by atoms with Crippen LogP contribution in [0.2, 0.25) is 0 Å². The van der Waals surface area contributed by atoms with Gasteiger partial charge in [-0.15, -0.1) is 0 Å². The van der Waals surface area contributed by atoms with Crippen molar-refractivity contribution in [2.75, 3.05) is 6.54 Å². The molecule has 0 saturated carbocycles. The lowest BCUT2D eigenvalue weighted by molar-refractivity contribution is -0.145. The number of aliphatic carboxylic acids is 1. The van der Waals surface area contributed by atoms with Crippen molar-refractivity contribution in [3.63, 3.8) is 0 Å². The Bertz CT molecular complexity index is 255. The monoisotopic (exact) mass is 185 g/mol. The summed E-state index contributed by atoms with van der Waals surface area (Å²) in [7, 11) is 0. The second-order valence-electron chi connectivity index (χ2n) is 3.30. The SMILES string of the molecule is O=C(O)C1CCCN2C(=O)NNC12. The van der Waals surface area contributed by atoms with Crippen LogP contribution in [0.5, 0.6) is 0 Å². The summed E-state index contributed by atoms with van der Waals surface area (Å²) < 4.78 is 0. The maximum atomic E-state index is 11.1. The Hall–Kier alpha value is -1.30. The van der Waals surface area contributed by atoms with Crippen molar-refractivity contribution in [3.8, 4) is 0 Å². The molecule has 6 heteroatoms. The summed E-state index contributed by atoms with van der Waals surface area (Å²) in [6.45, 7) is 0.632. The van der Waals surface area contributed by atoms with Crippen LogP contribution >= 0.6 is 0 Å². The second kappa shape index (κ2) is 2.88. The lowest BCUT2D eigenvalue weighted by Gasteiger charge is -2.32. The van der Waals surface area contributed by atoms with Gasteiger partial charge in [-0.05, 0) is 12.8 Å². The molecule has 2 heterocycles. The molecular formula is C7H11N3O3. The summed E-state index contributed by atoms with van der Waals surface area (Å²) in [5.41, 5.74) is 5.11. The number of piperidine rings is 1. The van der Waals surface area contributed by atoms with Crippen molar-refractivity contribution >= 4 is 12.0 Å². The fraction of sp³-hybridized carbons (Fsp3) is 0.714. The van der Waals surface area contributed by atoms with Gasteiger partial charge in [-0.2, -0.15) is 0 Å². The van der Waals surface area contributed by atoms with E-state index < -0.39 is 11.9 Å². The quantitative estimate of drug-likeness (QED) is 0.506. The number of carboxylic acids is 1. The highest BCUT2D eigenvalue weighted by molar-refractivity contribution is 5.79. The number of nitrogens with zero attached hydrogens (tertiary/aromatic N) is 1. The maximum absolute atomic E-state index is 11.1. The predicted molar refractivity (Wildman–Crippen MR) is 42.5 cm³/mol. The number of hydrazine groups is 1. The van der Waals surface area contributed by atoms with Gasteiger partial charge in [0.2, 0.25) is 0 Å². The predicted octanol–water partition coefficient (Wildman–Crippen LogP) is -0.663. The summed E-state index contributed by atoms with van der Waals surface area (Å²) in [5, 5.41) is 8.87. The molecule has 0 spiro atoms. The molecule has 2 fully saturated rings. The van der Waals surface area contributed by atoms with Crippen LogP contribution in [0.15, 0.2) is 0 Å². The number of amides is 2. The maximum Gasteiger partial charge on any atom is 0.333 e. The average Bonchev–Trinajstić information content (AvgIpc) is 2.48. The molecule has 0 aliphatic carbocycles. The van der Waals surface area contributed by atoms with Crippen molar-refractivity contribution in [3.05, 3.63) is 0 Å². The van der Waals surface area contributed by atoms with Crippen LogP contribution < -0.4 is 10.9 Å². The third-order valence-corrected chi connectivity index (χ3v) is 2.54. The first kappa shape index (κ1) is 8.31. The van der Waals surface area contributed by atoms with Crippen molar-refractivity contribution < 1.29 is 14.7 Å². The minimum absolute atomic E-state index is 0.226. The number of rotatable bonds is 1. The molecule has 0 aromatic carbocycles. The molecule has 2 aliphatic heterocycles. The van der Waals surface area contributed by atoms with E-state index in [-0.39, 0.29) is 12.2 Å². The third-order valence-electron chi connectivity index (χ3n) is 2.54. The fourth-order valence-electron chi connectivity index (χ4n) is 1.87. The number of hydrogen-bond donors (Lipinski definition) is 3. The number of nitrogens with one attached hydrogen (secondary N) is 2. The second-order valence-corrected chi connectivity index (χ2v) is 3.30. The topological polar surface area (TPSA) is 81.7 Å². The minimum Gasteiger partial charge on any atom is -0.481 e. The van der Waals surface area contributed by atoms with Crippen LogP contribution in [-0.4, -0.2) is 34.7 Å². The van der Waals surface area contributed by atoms with E-state index in [9.17, 15) is 9.59 Å². The van der Waals surface area contributed by atoms with Crippen LogP contribution in [0.25, 0.3) is 0 Å². The molecule has 0 aromatic heterocycles. The Morgan fingerprint density at radius 2 is 2.38 bits per heavy atom. The first-order valence-corrected chi connectivity index (χ1v) is 4.25. The number of carboxylic acid groups (broad SMARTS) is 1. The van der Waals surface area contributed by atoms with Gasteiger partial charge < -0.3 is 10.0 Å². The van der Waals surface area contributed by atoms with Crippen molar-refractivity contribution in [2.45, 2.75) is 19.0 Å². The lowest BCUT2D eigenvalue weighted by Crippen LogP contribution is -2.49. The van der Waals surface area contributed by atoms with Gasteiger partial charge in [-0.1, -0.05) is 0 Å². The van der Waals surface area contributed by atoms with Crippen LogP contribution in [0.4, 0.5) is 4.79 Å². The third kappa shape index (κ3) is 1.23. The molecule has 13 heavy (non-hydrogen) atoms. The van der Waals surface area contributed by atoms with Gasteiger partial charge in [0.1, 0.15) is 6.17 Å². The first-order chi connectivity index (χ1) is 6.20. The first-order valence-electron chi connectivity index (χ1n) is 4.25. The molecule has 0 aromatic rings. The normalized spacial score (nSPS) is 32.6. The van der Waals surface area contributed by atoms with Gasteiger partial charge in [-0.3, -0.25) is 10.2 Å². The molecule has 0 radical (unpaired) electrons. The van der Waals surface area contributed by atoms with Gasteiger partial charge in [0, 0.05) is 6.54 Å². The van der Waals surface area contributed by atoms with E-state index in [2.05, 4.69) is 10.9 Å². The zero-order valence-electron chi connectivity index (χ0n) is 6.99. The van der Waals surface area contributed by atoms with E-state index in [1.54, 1.807) is 0 Å². The van der Waals surface area contributed by atoms with Crippen molar-refractivity contribution in [1.82, 2.24) is 15.8 Å². The number of urea groups is 1. The highest BCUT2D eigenvalue weighted by atomic mass is 16.4. The molecule has 2 rings (SSSR count). The molecule has 2 amide bonds. The highest BCUT2D eigenvalue weighted by Gasteiger charge is 2.42. The standard InChI is InChI=1S/C7H11N3O3/c11-6(12)4-2-1-3-10-5(4)8-9-7(10)13/h4-5,8H,1-3H2,(H,9,13)(H,11,12). The Kier molecular flexibility index (Phi) is 1.84. The molecule has 0 bridgehead atoms. The fourth-order valence-corrected chi connectivity index (χ4v) is 1.87.